The number of benzene rings is 2. The van der Waals surface area contributed by atoms with Crippen molar-refractivity contribution in [1.29, 1.82) is 0 Å². The van der Waals surface area contributed by atoms with Crippen molar-refractivity contribution in [3.8, 4) is 0 Å². The third-order valence-electron chi connectivity index (χ3n) is 3.57. The summed E-state index contributed by atoms with van der Waals surface area (Å²) in [5, 5.41) is 13.9. The van der Waals surface area contributed by atoms with E-state index in [2.05, 4.69) is 20.8 Å². The van der Waals surface area contributed by atoms with Gasteiger partial charge in [0, 0.05) is 16.9 Å². The molecule has 7 nitrogen and oxygen atoms in total. The lowest BCUT2D eigenvalue weighted by molar-refractivity contribution is -0.115. The number of nitrogens with two attached hydrogens (primary N) is 1. The van der Waals surface area contributed by atoms with Crippen molar-refractivity contribution in [1.82, 2.24) is 10.2 Å². The molecule has 144 valence electrons. The van der Waals surface area contributed by atoms with Crippen LogP contribution in [-0.2, 0) is 4.79 Å². The Labute approximate surface area is 168 Å². The number of rotatable bonds is 7. The van der Waals surface area contributed by atoms with Gasteiger partial charge in [-0.2, -0.15) is 0 Å². The number of aromatic nitrogens is 2. The zero-order chi connectivity index (χ0) is 20.1. The highest BCUT2D eigenvalue weighted by molar-refractivity contribution is 8.02. The van der Waals surface area contributed by atoms with Crippen LogP contribution in [0.5, 0.6) is 0 Å². The number of amides is 2. The summed E-state index contributed by atoms with van der Waals surface area (Å²) in [6.45, 7) is 1.75. The molecule has 0 aliphatic rings. The summed E-state index contributed by atoms with van der Waals surface area (Å²) < 4.78 is 13.8. The molecule has 0 aliphatic heterocycles. The summed E-state index contributed by atoms with van der Waals surface area (Å²) in [6, 6.07) is 12.3. The second kappa shape index (κ2) is 8.81. The molecular weight excluding hydrogens is 401 g/mol. The van der Waals surface area contributed by atoms with Crippen molar-refractivity contribution in [3.05, 3.63) is 59.9 Å². The number of halogens is 1. The smallest absolute Gasteiger partial charge is 0.248 e. The molecule has 1 atom stereocenters. The number of hydrogen-bond acceptors (Lipinski definition) is 7. The summed E-state index contributed by atoms with van der Waals surface area (Å²) in [7, 11) is 0. The Balaban J connectivity index is 1.56. The number of thioether (sulfide) groups is 1. The maximum atomic E-state index is 13.2. The van der Waals surface area contributed by atoms with E-state index in [1.165, 1.54) is 35.2 Å². The van der Waals surface area contributed by atoms with Crippen molar-refractivity contribution in [3.63, 3.8) is 0 Å². The average molecular weight is 417 g/mol. The molecule has 2 amide bonds. The number of primary amides is 1. The summed E-state index contributed by atoms with van der Waals surface area (Å²) in [6.07, 6.45) is 0. The van der Waals surface area contributed by atoms with E-state index in [0.29, 0.717) is 26.4 Å². The van der Waals surface area contributed by atoms with E-state index >= 15 is 0 Å². The fourth-order valence-electron chi connectivity index (χ4n) is 2.16. The maximum absolute atomic E-state index is 13.2. The van der Waals surface area contributed by atoms with E-state index in [9.17, 15) is 14.0 Å². The van der Waals surface area contributed by atoms with E-state index in [-0.39, 0.29) is 11.7 Å². The molecule has 28 heavy (non-hydrogen) atoms. The van der Waals surface area contributed by atoms with Crippen LogP contribution in [0.4, 0.5) is 20.9 Å². The highest BCUT2D eigenvalue weighted by Crippen LogP contribution is 2.31. The third kappa shape index (κ3) is 5.27. The van der Waals surface area contributed by atoms with Gasteiger partial charge in [-0.1, -0.05) is 29.2 Å². The van der Waals surface area contributed by atoms with E-state index in [4.69, 9.17) is 5.73 Å². The van der Waals surface area contributed by atoms with Crippen LogP contribution in [0, 0.1) is 5.82 Å². The van der Waals surface area contributed by atoms with Crippen LogP contribution < -0.4 is 16.4 Å². The maximum Gasteiger partial charge on any atom is 0.248 e. The van der Waals surface area contributed by atoms with Crippen molar-refractivity contribution < 1.29 is 14.0 Å². The van der Waals surface area contributed by atoms with Crippen LogP contribution in [0.25, 0.3) is 0 Å². The SMILES string of the molecule is CC(Sc1nnc(Nc2cccc(F)c2)s1)C(=O)Nc1ccc(C(N)=O)cc1. The fourth-order valence-corrected chi connectivity index (χ4v) is 4.08. The molecule has 2 aromatic carbocycles. The quantitative estimate of drug-likeness (QED) is 0.506. The van der Waals surface area contributed by atoms with Crippen molar-refractivity contribution >= 4 is 51.4 Å². The molecule has 0 spiro atoms. The minimum absolute atomic E-state index is 0.216. The van der Waals surface area contributed by atoms with Gasteiger partial charge < -0.3 is 16.4 Å². The molecule has 4 N–H and O–H groups in total. The van der Waals surface area contributed by atoms with Crippen molar-refractivity contribution in [2.24, 2.45) is 5.73 Å². The lowest BCUT2D eigenvalue weighted by Crippen LogP contribution is -2.22. The van der Waals surface area contributed by atoms with Crippen molar-refractivity contribution in [2.45, 2.75) is 16.5 Å². The zero-order valence-corrected chi connectivity index (χ0v) is 16.3. The molecule has 0 radical (unpaired) electrons. The first-order valence-electron chi connectivity index (χ1n) is 8.14. The topological polar surface area (TPSA) is 110 Å². The van der Waals surface area contributed by atoms with Gasteiger partial charge in [-0.05, 0) is 49.4 Å². The Hall–Kier alpha value is -2.98. The Morgan fingerprint density at radius 3 is 2.57 bits per heavy atom. The van der Waals surface area contributed by atoms with Crippen LogP contribution in [-0.4, -0.2) is 27.3 Å². The Morgan fingerprint density at radius 1 is 1.14 bits per heavy atom. The van der Waals surface area contributed by atoms with Gasteiger partial charge in [-0.15, -0.1) is 10.2 Å². The summed E-state index contributed by atoms with van der Waals surface area (Å²) in [5.41, 5.74) is 6.69. The van der Waals surface area contributed by atoms with Gasteiger partial charge in [0.25, 0.3) is 0 Å². The van der Waals surface area contributed by atoms with Crippen LogP contribution >= 0.6 is 23.1 Å². The number of carbonyl (C=O) groups is 2. The first kappa shape index (κ1) is 19.8. The lowest BCUT2D eigenvalue weighted by Gasteiger charge is -2.10. The Kier molecular flexibility index (Phi) is 6.22. The molecule has 1 unspecified atom stereocenters. The molecule has 3 rings (SSSR count). The third-order valence-corrected chi connectivity index (χ3v) is 5.59. The normalized spacial score (nSPS) is 11.6. The molecule has 0 bridgehead atoms. The van der Waals surface area contributed by atoms with Crippen LogP contribution in [0.2, 0.25) is 0 Å². The molecule has 0 aliphatic carbocycles. The zero-order valence-electron chi connectivity index (χ0n) is 14.7. The molecule has 0 fully saturated rings. The number of hydrogen-bond donors (Lipinski definition) is 3. The molecule has 0 saturated carbocycles. The van der Waals surface area contributed by atoms with Gasteiger partial charge in [0.15, 0.2) is 4.34 Å². The predicted molar refractivity (Wildman–Crippen MR) is 109 cm³/mol. The van der Waals surface area contributed by atoms with Crippen LogP contribution in [0.15, 0.2) is 52.9 Å². The molecule has 1 aromatic heterocycles. The first-order valence-corrected chi connectivity index (χ1v) is 9.84. The van der Waals surface area contributed by atoms with Crippen LogP contribution in [0.1, 0.15) is 17.3 Å². The van der Waals surface area contributed by atoms with Gasteiger partial charge in [0.1, 0.15) is 5.82 Å². The lowest BCUT2D eigenvalue weighted by atomic mass is 10.2. The average Bonchev–Trinajstić information content (AvgIpc) is 3.09. The van der Waals surface area contributed by atoms with Gasteiger partial charge >= 0.3 is 0 Å². The number of nitrogens with zero attached hydrogens (tertiary/aromatic N) is 2. The van der Waals surface area contributed by atoms with E-state index in [1.807, 2.05) is 0 Å². The van der Waals surface area contributed by atoms with E-state index in [0.717, 1.165) is 0 Å². The molecule has 1 heterocycles. The summed E-state index contributed by atoms with van der Waals surface area (Å²) >= 11 is 2.52. The minimum atomic E-state index is -0.527. The van der Waals surface area contributed by atoms with Crippen molar-refractivity contribution in [2.75, 3.05) is 10.6 Å². The first-order chi connectivity index (χ1) is 13.4. The highest BCUT2D eigenvalue weighted by atomic mass is 32.2. The number of nitrogens with one attached hydrogen (secondary N) is 2. The molecule has 10 heteroatoms. The predicted octanol–water partition coefficient (Wildman–Crippen LogP) is 3.64. The second-order valence-electron chi connectivity index (χ2n) is 5.70. The Morgan fingerprint density at radius 2 is 1.89 bits per heavy atom. The molecule has 3 aromatic rings. The van der Waals surface area contributed by atoms with Crippen LogP contribution in [0.3, 0.4) is 0 Å². The van der Waals surface area contributed by atoms with Gasteiger partial charge in [0.2, 0.25) is 16.9 Å². The van der Waals surface area contributed by atoms with Gasteiger partial charge in [0.05, 0.1) is 5.25 Å². The highest BCUT2D eigenvalue weighted by Gasteiger charge is 2.17. The van der Waals surface area contributed by atoms with Gasteiger partial charge in [-0.3, -0.25) is 9.59 Å². The summed E-state index contributed by atoms with van der Waals surface area (Å²) in [4.78, 5) is 23.4. The standard InChI is InChI=1S/C18H16FN5O2S2/c1-10(16(26)21-13-7-5-11(6-8-13)15(20)25)27-18-24-23-17(28-18)22-14-4-2-3-12(19)9-14/h2-10H,1H3,(H2,20,25)(H,21,26)(H,22,23). The monoisotopic (exact) mass is 417 g/mol. The number of carbonyl (C=O) groups excluding carboxylic acids is 2. The second-order valence-corrected chi connectivity index (χ2v) is 8.26. The number of anilines is 3. The molecule has 0 saturated heterocycles. The molecular formula is C18H16FN5O2S2. The minimum Gasteiger partial charge on any atom is -0.366 e. The fraction of sp³-hybridized carbons (Fsp3) is 0.111. The Bertz CT molecular complexity index is 994. The van der Waals surface area contributed by atoms with E-state index < -0.39 is 11.2 Å². The van der Waals surface area contributed by atoms with E-state index in [1.54, 1.807) is 43.3 Å². The largest absolute Gasteiger partial charge is 0.366 e. The summed E-state index contributed by atoms with van der Waals surface area (Å²) in [5.74, 6) is -1.09. The van der Waals surface area contributed by atoms with Gasteiger partial charge in [-0.25, -0.2) is 4.39 Å².